The Morgan fingerprint density at radius 1 is 1.30 bits per heavy atom. The lowest BCUT2D eigenvalue weighted by molar-refractivity contribution is -0.122. The second kappa shape index (κ2) is 8.49. The van der Waals surface area contributed by atoms with Crippen molar-refractivity contribution in [2.45, 2.75) is 37.5 Å². The molecule has 33 heavy (non-hydrogen) atoms. The highest BCUT2D eigenvalue weighted by molar-refractivity contribution is 6.30. The first-order valence-electron chi connectivity index (χ1n) is 11.5. The number of ketones is 1. The van der Waals surface area contributed by atoms with Crippen molar-refractivity contribution in [1.29, 1.82) is 0 Å². The van der Waals surface area contributed by atoms with Gasteiger partial charge in [-0.2, -0.15) is 0 Å². The number of carbonyl (C=O) groups is 2. The molecule has 3 aliphatic rings. The molecule has 1 saturated carbocycles. The van der Waals surface area contributed by atoms with E-state index in [1.54, 1.807) is 6.07 Å². The number of fused-ring (bicyclic) bond motifs is 3. The van der Waals surface area contributed by atoms with Crippen molar-refractivity contribution in [1.82, 2.24) is 4.98 Å². The number of benzene rings is 1. The average Bonchev–Trinajstić information content (AvgIpc) is 2.93. The van der Waals surface area contributed by atoms with E-state index in [1.165, 1.54) is 23.3 Å². The third-order valence-electron chi connectivity index (χ3n) is 7.53. The van der Waals surface area contributed by atoms with Crippen LogP contribution in [0.15, 0.2) is 43.0 Å². The van der Waals surface area contributed by atoms with Gasteiger partial charge in [0.25, 0.3) is 0 Å². The molecule has 0 bridgehead atoms. The highest BCUT2D eigenvalue weighted by atomic mass is 35.5. The Kier molecular flexibility index (Phi) is 5.65. The van der Waals surface area contributed by atoms with Crippen molar-refractivity contribution in [2.75, 3.05) is 24.6 Å². The number of anilines is 1. The molecule has 3 atom stereocenters. The van der Waals surface area contributed by atoms with E-state index < -0.39 is 5.97 Å². The van der Waals surface area contributed by atoms with Crippen LogP contribution in [0.25, 0.3) is 0 Å². The maximum Gasteiger partial charge on any atom is 0.354 e. The lowest BCUT2D eigenvalue weighted by atomic mass is 9.69. The van der Waals surface area contributed by atoms with E-state index in [0.29, 0.717) is 31.3 Å². The van der Waals surface area contributed by atoms with Gasteiger partial charge in [0, 0.05) is 29.4 Å². The van der Waals surface area contributed by atoms with Gasteiger partial charge in [-0.15, -0.1) is 0 Å². The van der Waals surface area contributed by atoms with Crippen LogP contribution in [0, 0.1) is 11.8 Å². The van der Waals surface area contributed by atoms with Crippen molar-refractivity contribution in [3.05, 3.63) is 64.8 Å². The highest BCUT2D eigenvalue weighted by Crippen LogP contribution is 2.45. The van der Waals surface area contributed by atoms with Gasteiger partial charge >= 0.3 is 5.97 Å². The Morgan fingerprint density at radius 2 is 2.15 bits per heavy atom. The van der Waals surface area contributed by atoms with Gasteiger partial charge in [-0.25, -0.2) is 9.78 Å². The maximum absolute atomic E-state index is 12.3. The van der Waals surface area contributed by atoms with Gasteiger partial charge < -0.3 is 14.7 Å². The molecule has 1 aliphatic heterocycles. The first kappa shape index (κ1) is 22.0. The predicted octanol–water partition coefficient (Wildman–Crippen LogP) is 4.69. The second-order valence-corrected chi connectivity index (χ2v) is 9.91. The minimum Gasteiger partial charge on any atom is -0.489 e. The zero-order valence-corrected chi connectivity index (χ0v) is 19.2. The third kappa shape index (κ3) is 3.90. The molecule has 1 aromatic carbocycles. The number of carboxylic acid groups (broad SMARTS) is 1. The van der Waals surface area contributed by atoms with Crippen LogP contribution in [0.2, 0.25) is 5.02 Å². The smallest absolute Gasteiger partial charge is 0.354 e. The zero-order valence-electron chi connectivity index (χ0n) is 18.4. The molecule has 7 heteroatoms. The van der Waals surface area contributed by atoms with Crippen LogP contribution in [0.3, 0.4) is 0 Å². The molecule has 1 aromatic heterocycles. The molecule has 6 nitrogen and oxygen atoms in total. The molecule has 1 fully saturated rings. The summed E-state index contributed by atoms with van der Waals surface area (Å²) in [6.45, 7) is 5.42. The Hall–Kier alpha value is -2.86. The van der Waals surface area contributed by atoms with E-state index in [0.717, 1.165) is 37.1 Å². The van der Waals surface area contributed by atoms with Crippen LogP contribution < -0.4 is 9.64 Å². The molecule has 1 spiro atoms. The fourth-order valence-electron chi connectivity index (χ4n) is 5.70. The number of rotatable bonds is 5. The summed E-state index contributed by atoms with van der Waals surface area (Å²) in [5.41, 5.74) is 2.21. The van der Waals surface area contributed by atoms with Gasteiger partial charge in [-0.1, -0.05) is 24.2 Å². The highest BCUT2D eigenvalue weighted by Gasteiger charge is 2.44. The quantitative estimate of drug-likeness (QED) is 0.644. The van der Waals surface area contributed by atoms with Crippen molar-refractivity contribution in [3.8, 4) is 5.75 Å². The monoisotopic (exact) mass is 466 g/mol. The minimum absolute atomic E-state index is 0.0125. The van der Waals surface area contributed by atoms with Crippen LogP contribution in [0.4, 0.5) is 5.82 Å². The number of hydrogen-bond donors (Lipinski definition) is 1. The number of aryl methyl sites for hydroxylation is 1. The number of carbonyl (C=O) groups excluding carboxylic acids is 1. The van der Waals surface area contributed by atoms with E-state index in [-0.39, 0.29) is 28.7 Å². The van der Waals surface area contributed by atoms with Crippen molar-refractivity contribution >= 4 is 29.2 Å². The van der Waals surface area contributed by atoms with Gasteiger partial charge in [0.05, 0.1) is 6.61 Å². The van der Waals surface area contributed by atoms with Crippen LogP contribution >= 0.6 is 11.6 Å². The van der Waals surface area contributed by atoms with E-state index in [2.05, 4.69) is 22.5 Å². The van der Waals surface area contributed by atoms with Crippen LogP contribution in [0.1, 0.15) is 47.3 Å². The summed E-state index contributed by atoms with van der Waals surface area (Å²) >= 11 is 6.29. The van der Waals surface area contributed by atoms with Crippen molar-refractivity contribution in [2.24, 2.45) is 11.8 Å². The molecule has 1 N–H and O–H groups in total. The normalized spacial score (nSPS) is 25.8. The van der Waals surface area contributed by atoms with Crippen molar-refractivity contribution < 1.29 is 19.4 Å². The first-order chi connectivity index (χ1) is 15.9. The maximum atomic E-state index is 12.3. The molecule has 0 radical (unpaired) electrons. The first-order valence-corrected chi connectivity index (χ1v) is 11.9. The van der Waals surface area contributed by atoms with E-state index >= 15 is 0 Å². The summed E-state index contributed by atoms with van der Waals surface area (Å²) in [7, 11) is 0. The third-order valence-corrected chi connectivity index (χ3v) is 7.77. The number of hydrogen-bond acceptors (Lipinski definition) is 5. The molecular weight excluding hydrogens is 440 g/mol. The number of aromatic nitrogens is 1. The number of ether oxygens (including phenoxy) is 1. The predicted molar refractivity (Wildman–Crippen MR) is 126 cm³/mol. The Labute approximate surface area is 198 Å². The molecule has 2 aliphatic carbocycles. The Bertz CT molecular complexity index is 1130. The molecule has 0 amide bonds. The summed E-state index contributed by atoms with van der Waals surface area (Å²) in [5, 5.41) is 10.3. The topological polar surface area (TPSA) is 79.7 Å². The minimum atomic E-state index is -1.07. The average molecular weight is 467 g/mol. The summed E-state index contributed by atoms with van der Waals surface area (Å²) in [5.74, 6) is 0.288. The molecule has 172 valence electrons. The number of pyridine rings is 1. The fourth-order valence-corrected chi connectivity index (χ4v) is 5.89. The van der Waals surface area contributed by atoms with Gasteiger partial charge in [-0.3, -0.25) is 4.79 Å². The van der Waals surface area contributed by atoms with Gasteiger partial charge in [0.15, 0.2) is 23.0 Å². The Morgan fingerprint density at radius 3 is 2.88 bits per heavy atom. The number of halogens is 1. The van der Waals surface area contributed by atoms with Crippen LogP contribution in [-0.4, -0.2) is 41.5 Å². The van der Waals surface area contributed by atoms with Crippen LogP contribution in [0.5, 0.6) is 5.75 Å². The number of aromatic carboxylic acids is 1. The summed E-state index contributed by atoms with van der Waals surface area (Å²) < 4.78 is 6.31. The van der Waals surface area contributed by atoms with E-state index in [9.17, 15) is 14.7 Å². The van der Waals surface area contributed by atoms with Crippen LogP contribution in [-0.2, 0) is 16.6 Å². The lowest BCUT2D eigenvalue weighted by Crippen LogP contribution is -2.49. The standard InChI is InChI=1S/C26H27ClN2O4/c1-2-22(30)19-7-5-17(19)13-29-14-26(11-3-4-16-12-18(27)6-8-20(16)26)15-33-23-10-9-21(25(31)32)28-24(23)29/h2,6,8-10,12,17,19H,1,3-5,7,11,13-15H2,(H,31,32)/t17-,19+,26-/m0/s1. The number of allylic oxidation sites excluding steroid dienone is 1. The van der Waals surface area contributed by atoms with Gasteiger partial charge in [0.2, 0.25) is 0 Å². The molecule has 5 rings (SSSR count). The Balaban J connectivity index is 1.55. The van der Waals surface area contributed by atoms with E-state index in [4.69, 9.17) is 16.3 Å². The summed E-state index contributed by atoms with van der Waals surface area (Å²) in [4.78, 5) is 30.6. The van der Waals surface area contributed by atoms with E-state index in [1.807, 2.05) is 12.1 Å². The summed E-state index contributed by atoms with van der Waals surface area (Å²) in [6.07, 6.45) is 6.19. The molecule has 0 unspecified atom stereocenters. The fraction of sp³-hybridized carbons (Fsp3) is 0.423. The van der Waals surface area contributed by atoms with Crippen molar-refractivity contribution in [3.63, 3.8) is 0 Å². The van der Waals surface area contributed by atoms with Gasteiger partial charge in [-0.05, 0) is 79.5 Å². The SMILES string of the molecule is C=CC(=O)[C@@H]1CC[C@H]1CN1C[C@@]2(CCCc3cc(Cl)ccc32)COc2ccc(C(=O)O)nc21. The molecule has 2 aromatic rings. The molecule has 2 heterocycles. The largest absolute Gasteiger partial charge is 0.489 e. The zero-order chi connectivity index (χ0) is 23.2. The second-order valence-electron chi connectivity index (χ2n) is 9.48. The summed E-state index contributed by atoms with van der Waals surface area (Å²) in [6, 6.07) is 9.28. The lowest BCUT2D eigenvalue weighted by Gasteiger charge is -2.43. The number of nitrogens with zero attached hydrogens (tertiary/aromatic N) is 2. The van der Waals surface area contributed by atoms with Gasteiger partial charge in [0.1, 0.15) is 0 Å². The number of carboxylic acids is 1. The molecule has 0 saturated heterocycles. The molecular formula is C26H27ClN2O4.